The lowest BCUT2D eigenvalue weighted by Crippen LogP contribution is -2.50. The molecule has 2 aliphatic rings. The van der Waals surface area contributed by atoms with Gasteiger partial charge < -0.3 is 14.6 Å². The molecule has 1 aliphatic carbocycles. The van der Waals surface area contributed by atoms with Crippen LogP contribution in [0.15, 0.2) is 58.3 Å². The Kier molecular flexibility index (Phi) is 8.53. The molecule has 0 spiro atoms. The summed E-state index contributed by atoms with van der Waals surface area (Å²) in [6.45, 7) is 3.21. The minimum atomic E-state index is -3.97. The third kappa shape index (κ3) is 5.62. The summed E-state index contributed by atoms with van der Waals surface area (Å²) >= 11 is 0. The van der Waals surface area contributed by atoms with Crippen molar-refractivity contribution in [1.29, 1.82) is 0 Å². The summed E-state index contributed by atoms with van der Waals surface area (Å²) in [6, 6.07) is 10.6. The van der Waals surface area contributed by atoms with Crippen LogP contribution in [-0.2, 0) is 20.0 Å². The quantitative estimate of drug-likeness (QED) is 0.523. The maximum absolute atomic E-state index is 13.7. The Bertz CT molecular complexity index is 1390. The van der Waals surface area contributed by atoms with Gasteiger partial charge in [0, 0.05) is 25.6 Å². The van der Waals surface area contributed by atoms with Crippen LogP contribution in [0.3, 0.4) is 0 Å². The van der Waals surface area contributed by atoms with Gasteiger partial charge in [0.15, 0.2) is 0 Å². The average molecular weight is 565 g/mol. The number of fused-ring (bicyclic) bond motifs is 1. The first kappa shape index (κ1) is 28.6. The SMILES string of the molecule is COc1ccc(S(=O)(=O)N(C)C[C@H]2Oc3cc(C4=CCCC4)ccc3S(=O)(=O)N([C@@H](C)CO)C[C@H]2C)cc1. The van der Waals surface area contributed by atoms with Crippen molar-refractivity contribution in [2.45, 2.75) is 55.0 Å². The van der Waals surface area contributed by atoms with Gasteiger partial charge in [0.25, 0.3) is 0 Å². The zero-order valence-electron chi connectivity index (χ0n) is 22.2. The highest BCUT2D eigenvalue weighted by atomic mass is 32.2. The summed E-state index contributed by atoms with van der Waals surface area (Å²) in [7, 11) is -4.82. The highest BCUT2D eigenvalue weighted by Crippen LogP contribution is 2.37. The summed E-state index contributed by atoms with van der Waals surface area (Å²) in [4.78, 5) is 0.131. The number of hydrogen-bond donors (Lipinski definition) is 1. The number of sulfonamides is 2. The van der Waals surface area contributed by atoms with Crippen LogP contribution in [0.4, 0.5) is 0 Å². The minimum absolute atomic E-state index is 0.00326. The molecule has 0 amide bonds. The van der Waals surface area contributed by atoms with Gasteiger partial charge in [-0.15, -0.1) is 0 Å². The van der Waals surface area contributed by atoms with Gasteiger partial charge in [-0.2, -0.15) is 8.61 Å². The molecular weight excluding hydrogens is 528 g/mol. The summed E-state index contributed by atoms with van der Waals surface area (Å²) in [5, 5.41) is 9.84. The first-order valence-corrected chi connectivity index (χ1v) is 15.6. The fraction of sp³-hybridized carbons (Fsp3) is 0.481. The molecule has 38 heavy (non-hydrogen) atoms. The highest BCUT2D eigenvalue weighted by Gasteiger charge is 2.39. The van der Waals surface area contributed by atoms with Gasteiger partial charge in [-0.3, -0.25) is 0 Å². The first-order chi connectivity index (χ1) is 18.0. The van der Waals surface area contributed by atoms with Crippen molar-refractivity contribution in [2.24, 2.45) is 5.92 Å². The van der Waals surface area contributed by atoms with Gasteiger partial charge >= 0.3 is 0 Å². The predicted octanol–water partition coefficient (Wildman–Crippen LogP) is 3.35. The fourth-order valence-corrected chi connectivity index (χ4v) is 7.86. The van der Waals surface area contributed by atoms with E-state index in [9.17, 15) is 21.9 Å². The molecule has 0 fully saturated rings. The van der Waals surface area contributed by atoms with E-state index in [4.69, 9.17) is 9.47 Å². The van der Waals surface area contributed by atoms with Crippen LogP contribution in [0.2, 0.25) is 0 Å². The number of benzene rings is 2. The zero-order valence-corrected chi connectivity index (χ0v) is 23.8. The summed E-state index contributed by atoms with van der Waals surface area (Å²) < 4.78 is 68.1. The smallest absolute Gasteiger partial charge is 0.247 e. The molecule has 1 N–H and O–H groups in total. The normalized spacial score (nSPS) is 22.6. The van der Waals surface area contributed by atoms with E-state index in [1.165, 1.54) is 34.9 Å². The van der Waals surface area contributed by atoms with Gasteiger partial charge in [-0.1, -0.05) is 19.1 Å². The Labute approximate surface area is 225 Å². The van der Waals surface area contributed by atoms with Crippen molar-refractivity contribution in [2.75, 3.05) is 33.9 Å². The maximum Gasteiger partial charge on any atom is 0.247 e. The van der Waals surface area contributed by atoms with Crippen molar-refractivity contribution >= 4 is 25.6 Å². The molecule has 0 radical (unpaired) electrons. The van der Waals surface area contributed by atoms with Crippen LogP contribution in [-0.4, -0.2) is 76.6 Å². The molecular formula is C27H36N2O7S2. The zero-order chi connectivity index (χ0) is 27.7. The van der Waals surface area contributed by atoms with Crippen LogP contribution < -0.4 is 9.47 Å². The predicted molar refractivity (Wildman–Crippen MR) is 145 cm³/mol. The van der Waals surface area contributed by atoms with Crippen LogP contribution in [0.1, 0.15) is 38.7 Å². The first-order valence-electron chi connectivity index (χ1n) is 12.7. The molecule has 1 heterocycles. The molecule has 0 saturated heterocycles. The van der Waals surface area contributed by atoms with E-state index in [2.05, 4.69) is 6.08 Å². The van der Waals surface area contributed by atoms with Gasteiger partial charge in [0.1, 0.15) is 22.5 Å². The number of ether oxygens (including phenoxy) is 2. The molecule has 0 bridgehead atoms. The van der Waals surface area contributed by atoms with E-state index in [0.29, 0.717) is 5.75 Å². The molecule has 1 aliphatic heterocycles. The lowest BCUT2D eigenvalue weighted by atomic mass is 10.0. The van der Waals surface area contributed by atoms with E-state index in [1.54, 1.807) is 37.3 Å². The largest absolute Gasteiger partial charge is 0.497 e. The van der Waals surface area contributed by atoms with Crippen molar-refractivity contribution in [1.82, 2.24) is 8.61 Å². The average Bonchev–Trinajstić information content (AvgIpc) is 3.45. The van der Waals surface area contributed by atoms with Gasteiger partial charge in [0.05, 0.1) is 25.2 Å². The Balaban J connectivity index is 1.72. The highest BCUT2D eigenvalue weighted by molar-refractivity contribution is 7.89. The van der Waals surface area contributed by atoms with E-state index in [-0.39, 0.29) is 41.2 Å². The van der Waals surface area contributed by atoms with Crippen LogP contribution >= 0.6 is 0 Å². The number of rotatable bonds is 8. The number of nitrogens with zero attached hydrogens (tertiary/aromatic N) is 2. The second-order valence-corrected chi connectivity index (χ2v) is 13.9. The molecule has 2 aromatic carbocycles. The van der Waals surface area contributed by atoms with E-state index >= 15 is 0 Å². The second-order valence-electron chi connectivity index (χ2n) is 9.98. The molecule has 0 saturated carbocycles. The van der Waals surface area contributed by atoms with Gasteiger partial charge in [0.2, 0.25) is 20.0 Å². The van der Waals surface area contributed by atoms with Gasteiger partial charge in [-0.05, 0) is 73.7 Å². The molecule has 0 unspecified atom stereocenters. The summed E-state index contributed by atoms with van der Waals surface area (Å²) in [5.74, 6) is 0.361. The lowest BCUT2D eigenvalue weighted by molar-refractivity contribution is 0.0904. The summed E-state index contributed by atoms with van der Waals surface area (Å²) in [6.07, 6.45) is 4.42. The van der Waals surface area contributed by atoms with E-state index < -0.39 is 32.2 Å². The van der Waals surface area contributed by atoms with E-state index in [0.717, 1.165) is 30.4 Å². The fourth-order valence-electron chi connectivity index (χ4n) is 4.86. The Morgan fingerprint density at radius 3 is 2.53 bits per heavy atom. The van der Waals surface area contributed by atoms with Crippen LogP contribution in [0.25, 0.3) is 5.57 Å². The van der Waals surface area contributed by atoms with Crippen molar-refractivity contribution in [3.63, 3.8) is 0 Å². The topological polar surface area (TPSA) is 113 Å². The van der Waals surface area contributed by atoms with Gasteiger partial charge in [-0.25, -0.2) is 16.8 Å². The second kappa shape index (κ2) is 11.4. The molecule has 0 aromatic heterocycles. The summed E-state index contributed by atoms with van der Waals surface area (Å²) in [5.41, 5.74) is 2.03. The third-order valence-corrected chi connectivity index (χ3v) is 11.1. The number of methoxy groups -OCH3 is 1. The van der Waals surface area contributed by atoms with Crippen molar-refractivity contribution in [3.8, 4) is 11.5 Å². The van der Waals surface area contributed by atoms with Crippen molar-refractivity contribution in [3.05, 3.63) is 54.1 Å². The molecule has 11 heteroatoms. The molecule has 2 aromatic rings. The number of allylic oxidation sites excluding steroid dienone is 2. The van der Waals surface area contributed by atoms with Crippen molar-refractivity contribution < 1.29 is 31.4 Å². The standard InChI is InChI=1S/C27H36N2O7S2/c1-19-16-29(20(2)18-30)38(33,34)27-14-9-22(21-7-5-6-8-21)15-25(27)36-26(19)17-28(3)37(31,32)24-12-10-23(35-4)11-13-24/h7,9-15,19-20,26,30H,5-6,8,16-18H2,1-4H3/t19-,20+,26-/m1/s1. The molecule has 4 rings (SSSR count). The molecule has 208 valence electrons. The van der Waals surface area contributed by atoms with Crippen LogP contribution in [0, 0.1) is 5.92 Å². The molecule has 3 atom stereocenters. The minimum Gasteiger partial charge on any atom is -0.497 e. The number of likely N-dealkylation sites (N-methyl/N-ethyl adjacent to an activating group) is 1. The number of aliphatic hydroxyl groups excluding tert-OH is 1. The third-order valence-electron chi connectivity index (χ3n) is 7.28. The Morgan fingerprint density at radius 1 is 1.21 bits per heavy atom. The van der Waals surface area contributed by atoms with E-state index in [1.807, 2.05) is 6.92 Å². The Hall–Kier alpha value is -2.44. The number of aliphatic hydroxyl groups is 1. The molecule has 9 nitrogen and oxygen atoms in total. The van der Waals surface area contributed by atoms with Crippen LogP contribution in [0.5, 0.6) is 11.5 Å². The monoisotopic (exact) mass is 564 g/mol. The lowest BCUT2D eigenvalue weighted by Gasteiger charge is -2.37. The maximum atomic E-state index is 13.7. The Morgan fingerprint density at radius 2 is 1.92 bits per heavy atom. The number of hydrogen-bond acceptors (Lipinski definition) is 7.